The molecule has 0 bridgehead atoms. The van der Waals surface area contributed by atoms with Crippen LogP contribution in [0.3, 0.4) is 0 Å². The van der Waals surface area contributed by atoms with E-state index in [-0.39, 0.29) is 28.2 Å². The van der Waals surface area contributed by atoms with Gasteiger partial charge in [-0.3, -0.25) is 4.79 Å². The number of carboxylic acid groups (broad SMARTS) is 1. The van der Waals surface area contributed by atoms with Crippen LogP contribution in [-0.2, 0) is 0 Å². The summed E-state index contributed by atoms with van der Waals surface area (Å²) >= 11 is 0. The third-order valence-electron chi connectivity index (χ3n) is 3.82. The molecule has 2 heterocycles. The minimum atomic E-state index is -1.47. The second-order valence-corrected chi connectivity index (χ2v) is 5.23. The molecule has 3 aromatic rings. The van der Waals surface area contributed by atoms with Crippen LogP contribution in [-0.4, -0.2) is 25.9 Å². The van der Waals surface area contributed by atoms with Crippen LogP contribution in [0.4, 0.5) is 4.39 Å². The van der Waals surface area contributed by atoms with Crippen molar-refractivity contribution in [3.05, 3.63) is 52.1 Å². The molecular weight excluding hydrogens is 321 g/mol. The van der Waals surface area contributed by atoms with Crippen LogP contribution < -0.4 is 10.2 Å². The zero-order chi connectivity index (χ0) is 17.2. The van der Waals surface area contributed by atoms with E-state index >= 15 is 0 Å². The highest BCUT2D eigenvalue weighted by molar-refractivity contribution is 5.97. The molecule has 2 aromatic carbocycles. The number of carbonyl (C=O) groups is 1. The minimum Gasteiger partial charge on any atom is -0.508 e. The first kappa shape index (κ1) is 14.1. The van der Waals surface area contributed by atoms with E-state index in [1.165, 1.54) is 22.8 Å². The van der Waals surface area contributed by atoms with E-state index in [9.17, 15) is 29.3 Å². The summed E-state index contributed by atoms with van der Waals surface area (Å²) in [6.45, 7) is 0. The lowest BCUT2D eigenvalue weighted by Gasteiger charge is -2.24. The van der Waals surface area contributed by atoms with Crippen molar-refractivity contribution in [2.45, 2.75) is 0 Å². The van der Waals surface area contributed by atoms with E-state index in [4.69, 9.17) is 4.74 Å². The number of ether oxygens (including phenoxy) is 1. The molecule has 0 fully saturated rings. The van der Waals surface area contributed by atoms with Gasteiger partial charge in [-0.05, 0) is 18.2 Å². The number of aromatic nitrogens is 1. The number of rotatable bonds is 1. The van der Waals surface area contributed by atoms with E-state index in [1.54, 1.807) is 0 Å². The van der Waals surface area contributed by atoms with Crippen molar-refractivity contribution in [1.82, 2.24) is 4.57 Å². The zero-order valence-electron chi connectivity index (χ0n) is 11.8. The number of benzene rings is 2. The number of phenols is 2. The van der Waals surface area contributed by atoms with Gasteiger partial charge in [-0.15, -0.1) is 0 Å². The van der Waals surface area contributed by atoms with Gasteiger partial charge in [0.1, 0.15) is 16.8 Å². The van der Waals surface area contributed by atoms with Crippen molar-refractivity contribution in [3.8, 4) is 28.7 Å². The number of halogens is 1. The number of carboxylic acids is 1. The maximum atomic E-state index is 13.9. The lowest BCUT2D eigenvalue weighted by Crippen LogP contribution is -2.20. The summed E-state index contributed by atoms with van der Waals surface area (Å²) < 4.78 is 20.7. The standard InChI is InChI=1S/C16H8FNO6/c17-9-4-7-12-15(14(9)21)24-11-3-6(19)1-2-10(11)18(12)5-8(13(7)20)16(22)23/h1-5,19,21H,(H,22,23). The van der Waals surface area contributed by atoms with Crippen molar-refractivity contribution in [2.24, 2.45) is 0 Å². The molecule has 0 atom stereocenters. The largest absolute Gasteiger partial charge is 0.508 e. The molecule has 3 N–H and O–H groups in total. The van der Waals surface area contributed by atoms with Gasteiger partial charge in [0.05, 0.1) is 11.1 Å². The second-order valence-electron chi connectivity index (χ2n) is 5.23. The quantitative estimate of drug-likeness (QED) is 0.494. The predicted molar refractivity (Wildman–Crippen MR) is 79.9 cm³/mol. The Hall–Kier alpha value is -3.55. The Morgan fingerprint density at radius 1 is 1.21 bits per heavy atom. The number of hydrogen-bond donors (Lipinski definition) is 3. The summed E-state index contributed by atoms with van der Waals surface area (Å²) in [5, 5.41) is 28.5. The second kappa shape index (κ2) is 4.48. The third kappa shape index (κ3) is 1.70. The van der Waals surface area contributed by atoms with Gasteiger partial charge in [0, 0.05) is 12.3 Å². The number of fused-ring (bicyclic) bond motifs is 2. The number of nitrogens with zero attached hydrogens (tertiary/aromatic N) is 1. The van der Waals surface area contributed by atoms with Crippen LogP contribution in [0, 0.1) is 5.82 Å². The molecule has 4 rings (SSSR count). The van der Waals surface area contributed by atoms with Crippen molar-refractivity contribution >= 4 is 16.9 Å². The van der Waals surface area contributed by atoms with E-state index in [1.807, 2.05) is 0 Å². The van der Waals surface area contributed by atoms with Gasteiger partial charge < -0.3 is 24.6 Å². The maximum absolute atomic E-state index is 13.9. The van der Waals surface area contributed by atoms with Gasteiger partial charge in [0.15, 0.2) is 23.1 Å². The lowest BCUT2D eigenvalue weighted by atomic mass is 10.1. The van der Waals surface area contributed by atoms with Crippen molar-refractivity contribution in [2.75, 3.05) is 0 Å². The lowest BCUT2D eigenvalue weighted by molar-refractivity contribution is 0.0695. The monoisotopic (exact) mass is 329 g/mol. The fourth-order valence-corrected chi connectivity index (χ4v) is 2.75. The van der Waals surface area contributed by atoms with Crippen LogP contribution in [0.15, 0.2) is 35.3 Å². The summed E-state index contributed by atoms with van der Waals surface area (Å²) in [5.74, 6) is -3.78. The number of phenolic OH excluding ortho intramolecular Hbond substituents is 2. The van der Waals surface area contributed by atoms with Gasteiger partial charge in [-0.25, -0.2) is 9.18 Å². The van der Waals surface area contributed by atoms with Crippen molar-refractivity contribution in [1.29, 1.82) is 0 Å². The Bertz CT molecular complexity index is 1120. The molecule has 0 saturated heterocycles. The van der Waals surface area contributed by atoms with Crippen LogP contribution in [0.5, 0.6) is 23.0 Å². The number of hydrogen-bond acceptors (Lipinski definition) is 5. The molecule has 0 radical (unpaired) electrons. The van der Waals surface area contributed by atoms with Crippen LogP contribution in [0.2, 0.25) is 0 Å². The van der Waals surface area contributed by atoms with Gasteiger partial charge in [0.25, 0.3) is 0 Å². The molecule has 0 unspecified atom stereocenters. The summed E-state index contributed by atoms with van der Waals surface area (Å²) in [4.78, 5) is 23.6. The Morgan fingerprint density at radius 3 is 2.67 bits per heavy atom. The molecule has 24 heavy (non-hydrogen) atoms. The molecule has 0 aliphatic carbocycles. The fraction of sp³-hybridized carbons (Fsp3) is 0. The molecule has 0 amide bonds. The zero-order valence-corrected chi connectivity index (χ0v) is 11.8. The first-order valence-electron chi connectivity index (χ1n) is 6.74. The summed E-state index contributed by atoms with van der Waals surface area (Å²) in [5.41, 5.74) is -1.07. The fourth-order valence-electron chi connectivity index (χ4n) is 2.75. The first-order valence-corrected chi connectivity index (χ1v) is 6.74. The SMILES string of the molecule is O=C(O)c1cn2c3c(c(O)c(F)cc3c1=O)Oc1cc(O)ccc1-2. The highest BCUT2D eigenvalue weighted by Crippen LogP contribution is 2.46. The summed E-state index contributed by atoms with van der Waals surface area (Å²) in [6, 6.07) is 4.80. The molecule has 7 nitrogen and oxygen atoms in total. The predicted octanol–water partition coefficient (Wildman–Crippen LogP) is 2.34. The average Bonchev–Trinajstić information content (AvgIpc) is 2.53. The van der Waals surface area contributed by atoms with Gasteiger partial charge >= 0.3 is 5.97 Å². The highest BCUT2D eigenvalue weighted by Gasteiger charge is 2.28. The molecule has 1 aromatic heterocycles. The van der Waals surface area contributed by atoms with E-state index < -0.39 is 28.5 Å². The Morgan fingerprint density at radius 2 is 1.96 bits per heavy atom. The molecule has 1 aliphatic heterocycles. The average molecular weight is 329 g/mol. The number of pyridine rings is 1. The number of aromatic hydroxyl groups is 2. The summed E-state index contributed by atoms with van der Waals surface area (Å²) in [6.07, 6.45) is 1.08. The maximum Gasteiger partial charge on any atom is 0.341 e. The minimum absolute atomic E-state index is 0.0436. The van der Waals surface area contributed by atoms with Crippen LogP contribution in [0.25, 0.3) is 16.6 Å². The third-order valence-corrected chi connectivity index (χ3v) is 3.82. The van der Waals surface area contributed by atoms with Gasteiger partial charge in [-0.1, -0.05) is 0 Å². The normalized spacial score (nSPS) is 11.9. The highest BCUT2D eigenvalue weighted by atomic mass is 19.1. The van der Waals surface area contributed by atoms with E-state index in [2.05, 4.69) is 0 Å². The topological polar surface area (TPSA) is 109 Å². The first-order chi connectivity index (χ1) is 11.4. The van der Waals surface area contributed by atoms with E-state index in [0.717, 1.165) is 12.3 Å². The smallest absolute Gasteiger partial charge is 0.341 e. The Balaban J connectivity index is 2.26. The van der Waals surface area contributed by atoms with Gasteiger partial charge in [-0.2, -0.15) is 0 Å². The summed E-state index contributed by atoms with van der Waals surface area (Å²) in [7, 11) is 0. The molecule has 1 aliphatic rings. The van der Waals surface area contributed by atoms with Crippen molar-refractivity contribution < 1.29 is 29.2 Å². The Labute approximate surface area is 132 Å². The molecule has 0 spiro atoms. The Kier molecular flexibility index (Phi) is 2.63. The molecule has 8 heteroatoms. The molecule has 0 saturated carbocycles. The van der Waals surface area contributed by atoms with E-state index in [0.29, 0.717) is 5.69 Å². The van der Waals surface area contributed by atoms with Crippen LogP contribution in [0.1, 0.15) is 10.4 Å². The van der Waals surface area contributed by atoms with Crippen LogP contribution >= 0.6 is 0 Å². The van der Waals surface area contributed by atoms with Gasteiger partial charge in [0.2, 0.25) is 5.43 Å². The molecule has 120 valence electrons. The number of aromatic carboxylic acids is 1. The molecular formula is C16H8FNO6. The van der Waals surface area contributed by atoms with Crippen molar-refractivity contribution in [3.63, 3.8) is 0 Å².